The third-order valence-corrected chi connectivity index (χ3v) is 4.40. The van der Waals surface area contributed by atoms with Crippen LogP contribution in [-0.2, 0) is 30.5 Å². The van der Waals surface area contributed by atoms with Crippen molar-refractivity contribution in [3.63, 3.8) is 0 Å². The maximum absolute atomic E-state index is 8.52. The molecule has 7 nitrogen and oxygen atoms in total. The molecule has 29 heavy (non-hydrogen) atoms. The molecular weight excluding hydrogens is 573 g/mol. The Hall–Kier alpha value is -1.22. The van der Waals surface area contributed by atoms with E-state index in [0.717, 1.165) is 11.4 Å². The van der Waals surface area contributed by atoms with Crippen LogP contribution in [0, 0.1) is 29.6 Å². The van der Waals surface area contributed by atoms with E-state index in [0.29, 0.717) is 0 Å². The van der Waals surface area contributed by atoms with Gasteiger partial charge in [-0.1, -0.05) is 46.8 Å². The van der Waals surface area contributed by atoms with Crippen LogP contribution in [0.25, 0.3) is 11.4 Å². The van der Waals surface area contributed by atoms with E-state index in [2.05, 4.69) is 44.6 Å². The van der Waals surface area contributed by atoms with Gasteiger partial charge in [-0.15, -0.1) is 0 Å². The van der Waals surface area contributed by atoms with Crippen LogP contribution in [0.4, 0.5) is 0 Å². The van der Waals surface area contributed by atoms with Crippen molar-refractivity contribution in [2.24, 2.45) is 0 Å². The van der Waals surface area contributed by atoms with E-state index in [9.17, 15) is 0 Å². The Morgan fingerprint density at radius 3 is 1.07 bits per heavy atom. The molecule has 159 valence electrons. The molecule has 0 atom stereocenters. The second-order valence-corrected chi connectivity index (χ2v) is 6.78. The summed E-state index contributed by atoms with van der Waals surface area (Å²) in [6.45, 7) is 11.0. The second-order valence-electron chi connectivity index (χ2n) is 5.96. The SMILES string of the molecule is C[C]1[C](C)[C](C)[C](C)[C]1C.O.O=S(=O)([O-])[O-].[Ir+3].c1ccc(-c2ccccn2)nc1. The van der Waals surface area contributed by atoms with Gasteiger partial charge in [-0.25, -0.2) is 0 Å². The Morgan fingerprint density at radius 2 is 0.897 bits per heavy atom. The minimum atomic E-state index is -5.17. The molecule has 2 heterocycles. The third kappa shape index (κ3) is 10.9. The van der Waals surface area contributed by atoms with Gasteiger partial charge in [0, 0.05) is 22.8 Å². The standard InChI is InChI=1S/C10H8N2.C10H15.Ir.H2O4S.H2O/c1-3-7-11-9(5-1)10-6-2-4-8-12-10;1-6-7(2)9(4)10(5)8(6)3;;1-5(2,3)4;/h1-8H;1-5H3;;(H2,1,2,3,4);1H2/q;;+3;;/p-2. The topological polar surface area (TPSA) is 138 Å². The maximum Gasteiger partial charge on any atom is 3.00 e. The van der Waals surface area contributed by atoms with Gasteiger partial charge in [0.1, 0.15) is 0 Å². The number of hydrogen-bond acceptors (Lipinski definition) is 6. The monoisotopic (exact) mass is 598 g/mol. The zero-order chi connectivity index (χ0) is 20.6. The number of aromatic nitrogens is 2. The van der Waals surface area contributed by atoms with Gasteiger partial charge in [0.2, 0.25) is 0 Å². The molecule has 0 spiro atoms. The molecule has 9 heteroatoms. The third-order valence-electron chi connectivity index (χ3n) is 4.40. The molecule has 2 N–H and O–H groups in total. The van der Waals surface area contributed by atoms with Gasteiger partial charge in [0.15, 0.2) is 0 Å². The minimum Gasteiger partial charge on any atom is -0.759 e. The fourth-order valence-electron chi connectivity index (χ4n) is 2.43. The molecule has 5 radical (unpaired) electrons. The molecule has 0 aliphatic heterocycles. The first-order valence-corrected chi connectivity index (χ1v) is 9.54. The zero-order valence-electron chi connectivity index (χ0n) is 16.9. The molecule has 3 rings (SSSR count). The molecule has 0 saturated heterocycles. The Labute approximate surface area is 187 Å². The molecule has 0 bridgehead atoms. The quantitative estimate of drug-likeness (QED) is 0.366. The van der Waals surface area contributed by atoms with E-state index in [-0.39, 0.29) is 25.6 Å². The predicted molar refractivity (Wildman–Crippen MR) is 106 cm³/mol. The summed E-state index contributed by atoms with van der Waals surface area (Å²) < 4.78 is 34.1. The van der Waals surface area contributed by atoms with Crippen molar-refractivity contribution < 1.29 is 43.1 Å². The fourth-order valence-corrected chi connectivity index (χ4v) is 2.43. The molecule has 2 aromatic rings. The second kappa shape index (κ2) is 13.9. The van der Waals surface area contributed by atoms with E-state index < -0.39 is 10.4 Å². The Kier molecular flexibility index (Phi) is 14.4. The van der Waals surface area contributed by atoms with Gasteiger partial charge < -0.3 is 14.6 Å². The normalized spacial score (nSPS) is 15.8. The van der Waals surface area contributed by atoms with Gasteiger partial charge >= 0.3 is 20.1 Å². The van der Waals surface area contributed by atoms with Crippen LogP contribution in [0.1, 0.15) is 34.6 Å². The Balaban J connectivity index is 0. The van der Waals surface area contributed by atoms with Gasteiger partial charge in [-0.3, -0.25) is 18.4 Å². The van der Waals surface area contributed by atoms with Crippen LogP contribution in [0.3, 0.4) is 0 Å². The van der Waals surface area contributed by atoms with Crippen molar-refractivity contribution in [1.82, 2.24) is 9.97 Å². The molecule has 1 aliphatic rings. The minimum absolute atomic E-state index is 0. The van der Waals surface area contributed by atoms with E-state index in [1.165, 1.54) is 29.6 Å². The van der Waals surface area contributed by atoms with Crippen molar-refractivity contribution >= 4 is 10.4 Å². The molecule has 2 aromatic heterocycles. The van der Waals surface area contributed by atoms with Gasteiger partial charge in [0.25, 0.3) is 0 Å². The summed E-state index contributed by atoms with van der Waals surface area (Å²) in [7, 11) is -5.17. The zero-order valence-corrected chi connectivity index (χ0v) is 20.1. The van der Waals surface area contributed by atoms with Gasteiger partial charge in [-0.05, 0) is 53.9 Å². The van der Waals surface area contributed by atoms with Crippen LogP contribution in [-0.4, -0.2) is 33.0 Å². The van der Waals surface area contributed by atoms with Crippen molar-refractivity contribution in [3.05, 3.63) is 78.4 Å². The summed E-state index contributed by atoms with van der Waals surface area (Å²) in [6.07, 6.45) is 3.54. The van der Waals surface area contributed by atoms with Crippen molar-refractivity contribution in [3.8, 4) is 11.4 Å². The van der Waals surface area contributed by atoms with Crippen LogP contribution in [0.5, 0.6) is 0 Å². The largest absolute Gasteiger partial charge is 3.00 e. The average Bonchev–Trinajstić information content (AvgIpc) is 2.80. The maximum atomic E-state index is 8.52. The Bertz CT molecular complexity index is 688. The number of pyridine rings is 2. The molecule has 0 amide bonds. The van der Waals surface area contributed by atoms with Crippen LogP contribution in [0.15, 0.2) is 48.8 Å². The van der Waals surface area contributed by atoms with Crippen LogP contribution >= 0.6 is 0 Å². The molecule has 1 aliphatic carbocycles. The fraction of sp³-hybridized carbons (Fsp3) is 0.250. The van der Waals surface area contributed by atoms with Crippen molar-refractivity contribution in [1.29, 1.82) is 0 Å². The van der Waals surface area contributed by atoms with E-state index in [4.69, 9.17) is 17.5 Å². The van der Waals surface area contributed by atoms with E-state index >= 15 is 0 Å². The first-order chi connectivity index (χ1) is 12.5. The molecule has 1 fully saturated rings. The summed E-state index contributed by atoms with van der Waals surface area (Å²) in [5.41, 5.74) is 1.83. The number of hydrogen-bond donors (Lipinski definition) is 0. The van der Waals surface area contributed by atoms with Gasteiger partial charge in [0.05, 0.1) is 11.4 Å². The number of rotatable bonds is 1. The molecule has 1 saturated carbocycles. The summed E-state index contributed by atoms with van der Waals surface area (Å²) in [6, 6.07) is 11.6. The molecular formula is C20H25IrN2O5S+. The van der Waals surface area contributed by atoms with Gasteiger partial charge in [-0.2, -0.15) is 0 Å². The first-order valence-electron chi connectivity index (χ1n) is 8.21. The summed E-state index contributed by atoms with van der Waals surface area (Å²) >= 11 is 0. The summed E-state index contributed by atoms with van der Waals surface area (Å²) in [5.74, 6) is 7.34. The number of nitrogens with zero attached hydrogens (tertiary/aromatic N) is 2. The smallest absolute Gasteiger partial charge is 0.759 e. The van der Waals surface area contributed by atoms with Crippen molar-refractivity contribution in [2.45, 2.75) is 34.6 Å². The average molecular weight is 598 g/mol. The van der Waals surface area contributed by atoms with Crippen molar-refractivity contribution in [2.75, 3.05) is 0 Å². The summed E-state index contributed by atoms with van der Waals surface area (Å²) in [4.78, 5) is 8.37. The predicted octanol–water partition coefficient (Wildman–Crippen LogP) is 2.95. The molecule has 0 unspecified atom stereocenters. The van der Waals surface area contributed by atoms with Crippen LogP contribution in [0.2, 0.25) is 0 Å². The molecule has 0 aromatic carbocycles. The van der Waals surface area contributed by atoms with E-state index in [1.54, 1.807) is 12.4 Å². The Morgan fingerprint density at radius 1 is 0.655 bits per heavy atom. The summed E-state index contributed by atoms with van der Waals surface area (Å²) in [5, 5.41) is 0. The first kappa shape index (κ1) is 30.0. The van der Waals surface area contributed by atoms with Crippen LogP contribution < -0.4 is 0 Å². The van der Waals surface area contributed by atoms with E-state index in [1.807, 2.05) is 36.4 Å².